The summed E-state index contributed by atoms with van der Waals surface area (Å²) in [6.07, 6.45) is 2.73. The smallest absolute Gasteiger partial charge is 0.0826 e. The highest BCUT2D eigenvalue weighted by Crippen LogP contribution is 2.04. The van der Waals surface area contributed by atoms with E-state index in [1.807, 2.05) is 13.8 Å². The maximum Gasteiger partial charge on any atom is 0.0826 e. The van der Waals surface area contributed by atoms with E-state index >= 15 is 0 Å². The Morgan fingerprint density at radius 3 is 2.74 bits per heavy atom. The minimum atomic E-state index is 0.347. The van der Waals surface area contributed by atoms with Crippen molar-refractivity contribution in [1.82, 2.24) is 10.2 Å². The molecule has 0 spiro atoms. The van der Waals surface area contributed by atoms with Crippen LogP contribution in [0.15, 0.2) is 0 Å². The van der Waals surface area contributed by atoms with Gasteiger partial charge in [0.25, 0.3) is 0 Å². The molecule has 1 unspecified atom stereocenters. The predicted octanol–water partition coefficient (Wildman–Crippen LogP) is 2.14. The van der Waals surface area contributed by atoms with E-state index in [1.165, 1.54) is 12.8 Å². The fourth-order valence-corrected chi connectivity index (χ4v) is 1.95. The molecule has 0 amide bonds. The summed E-state index contributed by atoms with van der Waals surface area (Å²) < 4.78 is 11.3. The summed E-state index contributed by atoms with van der Waals surface area (Å²) in [6, 6.07) is 0. The van der Waals surface area contributed by atoms with Crippen LogP contribution in [0, 0.1) is 0 Å². The number of hydrogen-bond donors (Lipinski definition) is 1. The Bertz CT molecular complexity index is 180. The van der Waals surface area contributed by atoms with Gasteiger partial charge < -0.3 is 14.8 Å². The molecule has 1 atom stereocenters. The first-order valence-corrected chi connectivity index (χ1v) is 7.99. The lowest BCUT2D eigenvalue weighted by atomic mass is 10.2. The summed E-state index contributed by atoms with van der Waals surface area (Å²) in [5, 5.41) is 3.34. The third-order valence-electron chi connectivity index (χ3n) is 3.04. The van der Waals surface area contributed by atoms with Gasteiger partial charge in [-0.1, -0.05) is 34.1 Å². The van der Waals surface area contributed by atoms with Crippen LogP contribution in [0.2, 0.25) is 0 Å². The van der Waals surface area contributed by atoms with Gasteiger partial charge in [0.1, 0.15) is 0 Å². The summed E-state index contributed by atoms with van der Waals surface area (Å²) in [4.78, 5) is 2.44. The van der Waals surface area contributed by atoms with Crippen molar-refractivity contribution in [3.05, 3.63) is 0 Å². The normalized spacial score (nSPS) is 19.9. The fourth-order valence-electron chi connectivity index (χ4n) is 1.95. The Balaban J connectivity index is 0.00000154. The molecular weight excluding hydrogens is 240 g/mol. The molecule has 0 bridgehead atoms. The van der Waals surface area contributed by atoms with E-state index < -0.39 is 0 Å². The summed E-state index contributed by atoms with van der Waals surface area (Å²) in [5.41, 5.74) is 0. The van der Waals surface area contributed by atoms with Crippen LogP contribution in [-0.4, -0.2) is 63.5 Å². The lowest BCUT2D eigenvalue weighted by molar-refractivity contribution is -0.0347. The Hall–Kier alpha value is -0.160. The highest BCUT2D eigenvalue weighted by molar-refractivity contribution is 4.72. The van der Waals surface area contributed by atoms with Crippen molar-refractivity contribution in [2.45, 2.75) is 46.6 Å². The van der Waals surface area contributed by atoms with Crippen LogP contribution in [0.3, 0.4) is 0 Å². The van der Waals surface area contributed by atoms with Gasteiger partial charge in [0.05, 0.1) is 19.3 Å². The van der Waals surface area contributed by atoms with E-state index in [4.69, 9.17) is 9.47 Å². The molecule has 0 saturated carbocycles. The Morgan fingerprint density at radius 2 is 2.05 bits per heavy atom. The average Bonchev–Trinajstić information content (AvgIpc) is 2.47. The van der Waals surface area contributed by atoms with Crippen molar-refractivity contribution in [1.29, 1.82) is 0 Å². The summed E-state index contributed by atoms with van der Waals surface area (Å²) in [7, 11) is 0. The van der Waals surface area contributed by atoms with Gasteiger partial charge in [0, 0.05) is 32.8 Å². The number of likely N-dealkylation sites (N-methyl/N-ethyl adjacent to an activating group) is 1. The molecule has 0 aromatic rings. The Kier molecular flexibility index (Phi) is 14.1. The largest absolute Gasteiger partial charge is 0.380 e. The molecule has 0 aliphatic carbocycles. The minimum absolute atomic E-state index is 0.347. The fraction of sp³-hybridized carbons (Fsp3) is 1.00. The summed E-state index contributed by atoms with van der Waals surface area (Å²) in [5.74, 6) is 0. The van der Waals surface area contributed by atoms with Crippen LogP contribution < -0.4 is 5.32 Å². The van der Waals surface area contributed by atoms with Gasteiger partial charge in [-0.05, 0) is 13.0 Å². The maximum absolute atomic E-state index is 5.71. The van der Waals surface area contributed by atoms with Gasteiger partial charge in [0.15, 0.2) is 0 Å². The molecule has 4 heteroatoms. The zero-order valence-electron chi connectivity index (χ0n) is 13.4. The SMILES string of the molecule is CC.CCCCOCCN1CCOC(CNCC)C1. The Morgan fingerprint density at radius 1 is 1.26 bits per heavy atom. The highest BCUT2D eigenvalue weighted by atomic mass is 16.5. The number of hydrogen-bond acceptors (Lipinski definition) is 4. The molecule has 1 N–H and O–H groups in total. The van der Waals surface area contributed by atoms with Crippen LogP contribution in [0.1, 0.15) is 40.5 Å². The van der Waals surface area contributed by atoms with Crippen molar-refractivity contribution in [2.75, 3.05) is 52.5 Å². The van der Waals surface area contributed by atoms with Gasteiger partial charge in [-0.15, -0.1) is 0 Å². The van der Waals surface area contributed by atoms with E-state index in [1.54, 1.807) is 0 Å². The van der Waals surface area contributed by atoms with Gasteiger partial charge >= 0.3 is 0 Å². The second kappa shape index (κ2) is 14.3. The molecule has 1 aliphatic rings. The molecule has 1 fully saturated rings. The number of morpholine rings is 1. The first-order valence-electron chi connectivity index (χ1n) is 7.99. The highest BCUT2D eigenvalue weighted by Gasteiger charge is 2.19. The molecule has 0 aromatic carbocycles. The van der Waals surface area contributed by atoms with E-state index in [2.05, 4.69) is 24.1 Å². The molecule has 1 heterocycles. The van der Waals surface area contributed by atoms with Crippen molar-refractivity contribution in [3.63, 3.8) is 0 Å². The quantitative estimate of drug-likeness (QED) is 0.653. The van der Waals surface area contributed by atoms with E-state index in [9.17, 15) is 0 Å². The molecule has 0 radical (unpaired) electrons. The first kappa shape index (κ1) is 18.8. The van der Waals surface area contributed by atoms with E-state index in [0.29, 0.717) is 6.10 Å². The van der Waals surface area contributed by atoms with Crippen LogP contribution in [0.5, 0.6) is 0 Å². The monoisotopic (exact) mass is 274 g/mol. The molecule has 19 heavy (non-hydrogen) atoms. The molecule has 1 saturated heterocycles. The maximum atomic E-state index is 5.71. The average molecular weight is 274 g/mol. The predicted molar refractivity (Wildman–Crippen MR) is 81.8 cm³/mol. The van der Waals surface area contributed by atoms with Crippen LogP contribution in [0.25, 0.3) is 0 Å². The van der Waals surface area contributed by atoms with Gasteiger partial charge in [-0.2, -0.15) is 0 Å². The van der Waals surface area contributed by atoms with Gasteiger partial charge in [-0.3, -0.25) is 4.90 Å². The topological polar surface area (TPSA) is 33.7 Å². The van der Waals surface area contributed by atoms with Gasteiger partial charge in [-0.25, -0.2) is 0 Å². The van der Waals surface area contributed by atoms with Crippen LogP contribution in [0.4, 0.5) is 0 Å². The number of unbranched alkanes of at least 4 members (excludes halogenated alkanes) is 1. The van der Waals surface area contributed by atoms with Gasteiger partial charge in [0.2, 0.25) is 0 Å². The van der Waals surface area contributed by atoms with Crippen molar-refractivity contribution in [2.24, 2.45) is 0 Å². The molecule has 1 rings (SSSR count). The zero-order chi connectivity index (χ0) is 14.3. The van der Waals surface area contributed by atoms with Crippen molar-refractivity contribution < 1.29 is 9.47 Å². The van der Waals surface area contributed by atoms with Crippen LogP contribution >= 0.6 is 0 Å². The van der Waals surface area contributed by atoms with E-state index in [0.717, 1.165) is 52.5 Å². The standard InChI is InChI=1S/C13H28N2O2.C2H6/c1-3-5-8-16-9-6-15-7-10-17-13(12-15)11-14-4-2;1-2/h13-14H,3-12H2,1-2H3;1-2H3. The third-order valence-corrected chi connectivity index (χ3v) is 3.04. The van der Waals surface area contributed by atoms with E-state index in [-0.39, 0.29) is 0 Å². The van der Waals surface area contributed by atoms with Crippen molar-refractivity contribution in [3.8, 4) is 0 Å². The lowest BCUT2D eigenvalue weighted by Crippen LogP contribution is -2.47. The number of rotatable bonds is 9. The second-order valence-electron chi connectivity index (χ2n) is 4.57. The second-order valence-corrected chi connectivity index (χ2v) is 4.57. The molecule has 4 nitrogen and oxygen atoms in total. The third kappa shape index (κ3) is 10.3. The lowest BCUT2D eigenvalue weighted by Gasteiger charge is -2.32. The number of nitrogens with one attached hydrogen (secondary N) is 1. The zero-order valence-corrected chi connectivity index (χ0v) is 13.4. The number of ether oxygens (including phenoxy) is 2. The number of nitrogens with zero attached hydrogens (tertiary/aromatic N) is 1. The van der Waals surface area contributed by atoms with Crippen molar-refractivity contribution >= 4 is 0 Å². The molecular formula is C15H34N2O2. The molecule has 0 aromatic heterocycles. The Labute approximate surface area is 119 Å². The molecule has 116 valence electrons. The summed E-state index contributed by atoms with van der Waals surface area (Å²) >= 11 is 0. The van der Waals surface area contributed by atoms with Crippen LogP contribution in [-0.2, 0) is 9.47 Å². The summed E-state index contributed by atoms with van der Waals surface area (Å²) in [6.45, 7) is 16.0. The first-order chi connectivity index (χ1) is 9.36. The minimum Gasteiger partial charge on any atom is -0.380 e. The molecule has 1 aliphatic heterocycles.